The molecule has 1 aromatic rings. The van der Waals surface area contributed by atoms with Crippen molar-refractivity contribution in [3.05, 3.63) is 29.3 Å². The van der Waals surface area contributed by atoms with Gasteiger partial charge in [-0.2, -0.15) is 0 Å². The van der Waals surface area contributed by atoms with E-state index in [0.717, 1.165) is 0 Å². The van der Waals surface area contributed by atoms with Crippen LogP contribution in [0.3, 0.4) is 0 Å². The van der Waals surface area contributed by atoms with E-state index >= 15 is 0 Å². The number of halogens is 1. The molecule has 1 N–H and O–H groups in total. The minimum atomic E-state index is -0.564. The van der Waals surface area contributed by atoms with E-state index in [1.165, 1.54) is 0 Å². The summed E-state index contributed by atoms with van der Waals surface area (Å²) in [6, 6.07) is 7.19. The molecule has 1 fully saturated rings. The average Bonchev–Trinajstić information content (AvgIpc) is 2.56. The molecule has 0 radical (unpaired) electrons. The van der Waals surface area contributed by atoms with E-state index in [9.17, 15) is 5.11 Å². The summed E-state index contributed by atoms with van der Waals surface area (Å²) < 4.78 is 10.6. The SMILES string of the molecule is O[C@@H]1COC[C@H]1Oc1ccccc1Cl. The van der Waals surface area contributed by atoms with Crippen LogP contribution < -0.4 is 4.74 Å². The van der Waals surface area contributed by atoms with Gasteiger partial charge in [0.1, 0.15) is 18.0 Å². The first-order chi connectivity index (χ1) is 6.77. The zero-order valence-electron chi connectivity index (χ0n) is 7.52. The second kappa shape index (κ2) is 4.17. The molecule has 14 heavy (non-hydrogen) atoms. The van der Waals surface area contributed by atoms with Gasteiger partial charge in [-0.25, -0.2) is 0 Å². The molecule has 1 heterocycles. The molecule has 2 rings (SSSR count). The summed E-state index contributed by atoms with van der Waals surface area (Å²) in [6.07, 6.45) is -0.874. The number of ether oxygens (including phenoxy) is 2. The molecule has 0 aromatic heterocycles. The van der Waals surface area contributed by atoms with Gasteiger partial charge in [-0.15, -0.1) is 0 Å². The summed E-state index contributed by atoms with van der Waals surface area (Å²) in [6.45, 7) is 0.738. The molecule has 0 aliphatic carbocycles. The van der Waals surface area contributed by atoms with Crippen LogP contribution in [0.2, 0.25) is 5.02 Å². The first-order valence-corrected chi connectivity index (χ1v) is 4.82. The van der Waals surface area contributed by atoms with Crippen LogP contribution >= 0.6 is 11.6 Å². The van der Waals surface area contributed by atoms with Gasteiger partial charge in [-0.3, -0.25) is 0 Å². The first-order valence-electron chi connectivity index (χ1n) is 4.44. The standard InChI is InChI=1S/C10H11ClO3/c11-7-3-1-2-4-9(7)14-10-6-13-5-8(10)12/h1-4,8,10,12H,5-6H2/t8-,10-/m1/s1. The Balaban J connectivity index is 2.07. The topological polar surface area (TPSA) is 38.7 Å². The van der Waals surface area contributed by atoms with E-state index in [1.54, 1.807) is 12.1 Å². The number of para-hydroxylation sites is 1. The lowest BCUT2D eigenvalue weighted by molar-refractivity contribution is 0.0734. The smallest absolute Gasteiger partial charge is 0.150 e. The van der Waals surface area contributed by atoms with Gasteiger partial charge in [0.15, 0.2) is 0 Å². The third-order valence-corrected chi connectivity index (χ3v) is 2.43. The quantitative estimate of drug-likeness (QED) is 0.811. The largest absolute Gasteiger partial charge is 0.484 e. The molecule has 0 saturated carbocycles. The van der Waals surface area contributed by atoms with Gasteiger partial charge in [-0.05, 0) is 12.1 Å². The van der Waals surface area contributed by atoms with Gasteiger partial charge >= 0.3 is 0 Å². The van der Waals surface area contributed by atoms with Gasteiger partial charge < -0.3 is 14.6 Å². The lowest BCUT2D eigenvalue weighted by Crippen LogP contribution is -2.29. The molecular formula is C10H11ClO3. The van der Waals surface area contributed by atoms with E-state index in [1.807, 2.05) is 12.1 Å². The fourth-order valence-electron chi connectivity index (χ4n) is 1.34. The predicted octanol–water partition coefficient (Wildman–Crippen LogP) is 1.48. The molecule has 76 valence electrons. The highest BCUT2D eigenvalue weighted by Gasteiger charge is 2.28. The normalized spacial score (nSPS) is 26.4. The van der Waals surface area contributed by atoms with Crippen LogP contribution in [0.15, 0.2) is 24.3 Å². The molecule has 0 spiro atoms. The van der Waals surface area contributed by atoms with Crippen molar-refractivity contribution >= 4 is 11.6 Å². The molecule has 0 amide bonds. The fraction of sp³-hybridized carbons (Fsp3) is 0.400. The maximum absolute atomic E-state index is 9.45. The van der Waals surface area contributed by atoms with E-state index in [4.69, 9.17) is 21.1 Å². The molecule has 1 saturated heterocycles. The monoisotopic (exact) mass is 214 g/mol. The Bertz CT molecular complexity index is 316. The number of rotatable bonds is 2. The molecule has 1 aliphatic heterocycles. The van der Waals surface area contributed by atoms with E-state index < -0.39 is 6.10 Å². The van der Waals surface area contributed by atoms with Crippen LogP contribution in [0.4, 0.5) is 0 Å². The van der Waals surface area contributed by atoms with Crippen molar-refractivity contribution in [3.8, 4) is 5.75 Å². The van der Waals surface area contributed by atoms with Gasteiger partial charge in [0.05, 0.1) is 18.2 Å². The Morgan fingerprint density at radius 1 is 1.36 bits per heavy atom. The molecule has 0 bridgehead atoms. The van der Waals surface area contributed by atoms with E-state index in [0.29, 0.717) is 24.0 Å². The maximum Gasteiger partial charge on any atom is 0.150 e. The summed E-state index contributed by atoms with van der Waals surface area (Å²) in [4.78, 5) is 0. The number of aliphatic hydroxyl groups excluding tert-OH is 1. The second-order valence-electron chi connectivity index (χ2n) is 3.19. The lowest BCUT2D eigenvalue weighted by atomic mass is 10.2. The minimum absolute atomic E-state index is 0.310. The van der Waals surface area contributed by atoms with Crippen molar-refractivity contribution in [1.82, 2.24) is 0 Å². The molecule has 3 nitrogen and oxygen atoms in total. The van der Waals surface area contributed by atoms with Crippen LogP contribution in [0.1, 0.15) is 0 Å². The van der Waals surface area contributed by atoms with Gasteiger partial charge in [-0.1, -0.05) is 23.7 Å². The molecular weight excluding hydrogens is 204 g/mol. The molecule has 4 heteroatoms. The Labute approximate surface area is 87.2 Å². The Morgan fingerprint density at radius 3 is 2.79 bits per heavy atom. The summed E-state index contributed by atoms with van der Waals surface area (Å²) >= 11 is 5.90. The predicted molar refractivity (Wildman–Crippen MR) is 52.7 cm³/mol. The van der Waals surface area contributed by atoms with Crippen molar-refractivity contribution in [3.63, 3.8) is 0 Å². The first kappa shape index (κ1) is 9.77. The Hall–Kier alpha value is -0.770. The number of aliphatic hydroxyl groups is 1. The molecule has 1 aromatic carbocycles. The maximum atomic E-state index is 9.45. The lowest BCUT2D eigenvalue weighted by Gasteiger charge is -2.15. The summed E-state index contributed by atoms with van der Waals surface area (Å²) in [5.74, 6) is 0.587. The van der Waals surface area contributed by atoms with Gasteiger partial charge in [0, 0.05) is 0 Å². The van der Waals surface area contributed by atoms with E-state index in [2.05, 4.69) is 0 Å². The number of hydrogen-bond donors (Lipinski definition) is 1. The molecule has 1 aliphatic rings. The zero-order valence-corrected chi connectivity index (χ0v) is 8.28. The summed E-state index contributed by atoms with van der Waals surface area (Å²) in [7, 11) is 0. The fourth-order valence-corrected chi connectivity index (χ4v) is 1.52. The third-order valence-electron chi connectivity index (χ3n) is 2.11. The Kier molecular flexibility index (Phi) is 2.91. The Morgan fingerprint density at radius 2 is 2.14 bits per heavy atom. The highest BCUT2D eigenvalue weighted by atomic mass is 35.5. The van der Waals surface area contributed by atoms with Crippen LogP contribution in [-0.4, -0.2) is 30.5 Å². The van der Waals surface area contributed by atoms with Crippen molar-refractivity contribution in [2.24, 2.45) is 0 Å². The number of hydrogen-bond acceptors (Lipinski definition) is 3. The second-order valence-corrected chi connectivity index (χ2v) is 3.60. The van der Waals surface area contributed by atoms with Crippen molar-refractivity contribution in [2.75, 3.05) is 13.2 Å². The van der Waals surface area contributed by atoms with Gasteiger partial charge in [0.25, 0.3) is 0 Å². The van der Waals surface area contributed by atoms with Crippen LogP contribution in [-0.2, 0) is 4.74 Å². The van der Waals surface area contributed by atoms with Crippen molar-refractivity contribution in [1.29, 1.82) is 0 Å². The highest BCUT2D eigenvalue weighted by molar-refractivity contribution is 6.32. The highest BCUT2D eigenvalue weighted by Crippen LogP contribution is 2.25. The van der Waals surface area contributed by atoms with Crippen molar-refractivity contribution in [2.45, 2.75) is 12.2 Å². The third kappa shape index (κ3) is 2.00. The number of benzene rings is 1. The van der Waals surface area contributed by atoms with Crippen LogP contribution in [0, 0.1) is 0 Å². The molecule has 2 atom stereocenters. The van der Waals surface area contributed by atoms with Gasteiger partial charge in [0.2, 0.25) is 0 Å². The summed E-state index contributed by atoms with van der Waals surface area (Å²) in [5, 5.41) is 10.00. The summed E-state index contributed by atoms with van der Waals surface area (Å²) in [5.41, 5.74) is 0. The van der Waals surface area contributed by atoms with Crippen LogP contribution in [0.5, 0.6) is 5.75 Å². The minimum Gasteiger partial charge on any atom is -0.484 e. The zero-order chi connectivity index (χ0) is 9.97. The van der Waals surface area contributed by atoms with E-state index in [-0.39, 0.29) is 6.10 Å². The average molecular weight is 215 g/mol. The molecule has 0 unspecified atom stereocenters. The van der Waals surface area contributed by atoms with Crippen LogP contribution in [0.25, 0.3) is 0 Å². The van der Waals surface area contributed by atoms with Crippen molar-refractivity contribution < 1.29 is 14.6 Å².